The average Bonchev–Trinajstić information content (AvgIpc) is 3.19. The van der Waals surface area contributed by atoms with Crippen molar-refractivity contribution in [1.82, 2.24) is 0 Å². The molecule has 0 amide bonds. The first kappa shape index (κ1) is 29.2. The van der Waals surface area contributed by atoms with Crippen molar-refractivity contribution in [1.29, 1.82) is 0 Å². The van der Waals surface area contributed by atoms with Gasteiger partial charge in [-0.05, 0) is 23.3 Å². The van der Waals surface area contributed by atoms with Crippen LogP contribution in [0.15, 0.2) is 47.4 Å². The van der Waals surface area contributed by atoms with Crippen molar-refractivity contribution < 1.29 is 65.8 Å². The first-order valence-electron chi connectivity index (χ1n) is 10.00. The molecule has 2 aromatic rings. The number of benzene rings is 2. The number of alkyl halides is 9. The molecule has 37 heavy (non-hydrogen) atoms. The van der Waals surface area contributed by atoms with Crippen molar-refractivity contribution in [3.8, 4) is 0 Å². The van der Waals surface area contributed by atoms with Gasteiger partial charge in [0.2, 0.25) is 0 Å². The second-order valence-corrected chi connectivity index (χ2v) is 12.6. The molecular formula is C20H17F9O6S2. The Labute approximate surface area is 205 Å². The van der Waals surface area contributed by atoms with Crippen LogP contribution < -0.4 is 0 Å². The largest absolute Gasteiger partial charge is 0.508 e. The lowest BCUT2D eigenvalue weighted by Crippen LogP contribution is -2.63. The molecule has 17 heteroatoms. The van der Waals surface area contributed by atoms with Gasteiger partial charge in [-0.15, -0.1) is 0 Å². The molecule has 2 unspecified atom stereocenters. The molecule has 1 saturated heterocycles. The number of rotatable bonds is 7. The van der Waals surface area contributed by atoms with Gasteiger partial charge in [0, 0.05) is 16.4 Å². The molecule has 0 saturated carbocycles. The minimum Gasteiger partial charge on any atom is -0.438 e. The number of hydrogen-bond acceptors (Lipinski definition) is 6. The maximum atomic E-state index is 14.5. The Hall–Kier alpha value is -2.40. The third kappa shape index (κ3) is 4.80. The van der Waals surface area contributed by atoms with Gasteiger partial charge < -0.3 is 9.47 Å². The van der Waals surface area contributed by atoms with Crippen LogP contribution in [0.4, 0.5) is 44.3 Å². The maximum Gasteiger partial charge on any atom is 0.508 e. The zero-order chi connectivity index (χ0) is 28.1. The monoisotopic (exact) mass is 588 g/mol. The van der Waals surface area contributed by atoms with Gasteiger partial charge in [0.1, 0.15) is 6.10 Å². The van der Waals surface area contributed by atoms with Gasteiger partial charge in [0.05, 0.1) is 7.11 Å². The molecular weight excluding hydrogens is 571 g/mol. The zero-order valence-electron chi connectivity index (χ0n) is 18.4. The molecule has 3 rings (SSSR count). The van der Waals surface area contributed by atoms with E-state index in [2.05, 4.69) is 8.37 Å². The molecule has 208 valence electrons. The highest BCUT2D eigenvalue weighted by Crippen LogP contribution is 2.66. The van der Waals surface area contributed by atoms with Gasteiger partial charge in [-0.25, -0.2) is 8.42 Å². The van der Waals surface area contributed by atoms with Gasteiger partial charge >= 0.3 is 39.5 Å². The number of carbonyl (C=O) groups is 1. The zero-order valence-corrected chi connectivity index (χ0v) is 20.0. The summed E-state index contributed by atoms with van der Waals surface area (Å²) in [6.45, 7) is 0. The Balaban J connectivity index is 2.15. The fourth-order valence-electron chi connectivity index (χ4n) is 3.62. The predicted octanol–water partition coefficient (Wildman–Crippen LogP) is 6.25. The number of ether oxygens (including phenoxy) is 2. The third-order valence-electron chi connectivity index (χ3n) is 5.45. The van der Waals surface area contributed by atoms with E-state index in [1.807, 2.05) is 0 Å². The van der Waals surface area contributed by atoms with Crippen LogP contribution >= 0.6 is 10.3 Å². The van der Waals surface area contributed by atoms with Crippen molar-refractivity contribution in [2.75, 3.05) is 18.6 Å². The van der Waals surface area contributed by atoms with E-state index in [-0.39, 0.29) is 16.7 Å². The molecule has 0 N–H and O–H groups in total. The van der Waals surface area contributed by atoms with Crippen molar-refractivity contribution in [2.45, 2.75) is 40.7 Å². The van der Waals surface area contributed by atoms with Gasteiger partial charge in [-0.1, -0.05) is 46.7 Å². The SMILES string of the molecule is COC(=O)OC1CCS(OS(=O)(=O)C(F)(F)C(F)(F)C(F)(F)C(F)(F)F)(c2cccc3ccccc23)C1. The maximum absolute atomic E-state index is 14.5. The van der Waals surface area contributed by atoms with Crippen LogP contribution in [0.1, 0.15) is 6.42 Å². The number of carbonyl (C=O) groups excluding carboxylic acids is 1. The minimum atomic E-state index is -7.45. The molecule has 1 fully saturated rings. The van der Waals surface area contributed by atoms with Crippen molar-refractivity contribution in [2.24, 2.45) is 0 Å². The van der Waals surface area contributed by atoms with Crippen molar-refractivity contribution >= 4 is 37.4 Å². The van der Waals surface area contributed by atoms with Crippen molar-refractivity contribution in [3.05, 3.63) is 42.5 Å². The van der Waals surface area contributed by atoms with E-state index in [1.54, 1.807) is 6.07 Å². The molecule has 6 nitrogen and oxygen atoms in total. The normalized spacial score (nSPS) is 23.5. The summed E-state index contributed by atoms with van der Waals surface area (Å²) in [5.74, 6) is -16.1. The molecule has 0 bridgehead atoms. The van der Waals surface area contributed by atoms with E-state index in [0.717, 1.165) is 7.11 Å². The van der Waals surface area contributed by atoms with Crippen LogP contribution in [0.5, 0.6) is 0 Å². The van der Waals surface area contributed by atoms with E-state index in [1.165, 1.54) is 36.4 Å². The van der Waals surface area contributed by atoms with E-state index < -0.39 is 67.5 Å². The number of fused-ring (bicyclic) bond motifs is 1. The topological polar surface area (TPSA) is 78.9 Å². The highest BCUT2D eigenvalue weighted by atomic mass is 32.3. The fourth-order valence-corrected chi connectivity index (χ4v) is 9.52. The predicted molar refractivity (Wildman–Crippen MR) is 112 cm³/mol. The molecule has 0 aliphatic carbocycles. The quantitative estimate of drug-likeness (QED) is 0.281. The second-order valence-electron chi connectivity index (χ2n) is 7.83. The molecule has 0 aromatic heterocycles. The van der Waals surface area contributed by atoms with Crippen LogP contribution in [0.25, 0.3) is 10.8 Å². The molecule has 1 aliphatic rings. The van der Waals surface area contributed by atoms with Gasteiger partial charge in [-0.3, -0.25) is 0 Å². The highest BCUT2D eigenvalue weighted by molar-refractivity contribution is 8.33. The van der Waals surface area contributed by atoms with Gasteiger partial charge in [-0.2, -0.15) is 47.9 Å². The van der Waals surface area contributed by atoms with Crippen molar-refractivity contribution in [3.63, 3.8) is 0 Å². The lowest BCUT2D eigenvalue weighted by molar-refractivity contribution is -0.382. The highest BCUT2D eigenvalue weighted by Gasteiger charge is 2.86. The molecule has 2 aromatic carbocycles. The first-order valence-corrected chi connectivity index (χ1v) is 13.3. The summed E-state index contributed by atoms with van der Waals surface area (Å²) in [5, 5.41) is -6.42. The summed E-state index contributed by atoms with van der Waals surface area (Å²) >= 11 is 0. The molecule has 2 atom stereocenters. The first-order chi connectivity index (χ1) is 16.8. The summed E-state index contributed by atoms with van der Waals surface area (Å²) in [6.07, 6.45) is -9.99. The second kappa shape index (κ2) is 9.41. The third-order valence-corrected chi connectivity index (χ3v) is 11.1. The Kier molecular flexibility index (Phi) is 7.42. The average molecular weight is 588 g/mol. The standard InChI is InChI=1S/C20H17F9O6S2/c1-33-16(30)34-13-9-10-36(11-13,15-8-4-6-12-5-2-3-7-14(12)15)35-37(31,32)20(28,29)18(23,24)17(21,22)19(25,26)27/h2-8,13H,9-11H2,1H3. The molecule has 1 heterocycles. The Morgan fingerprint density at radius 3 is 2.11 bits per heavy atom. The van der Waals surface area contributed by atoms with E-state index in [0.29, 0.717) is 5.39 Å². The molecule has 0 radical (unpaired) electrons. The van der Waals surface area contributed by atoms with Crippen LogP contribution in [0, 0.1) is 0 Å². The van der Waals surface area contributed by atoms with E-state index in [4.69, 9.17) is 4.74 Å². The number of halogens is 9. The van der Waals surface area contributed by atoms with Gasteiger partial charge in [0.25, 0.3) is 0 Å². The summed E-state index contributed by atoms with van der Waals surface area (Å²) in [5.41, 5.74) is 0. The minimum absolute atomic E-state index is 0.119. The fraction of sp³-hybridized carbons (Fsp3) is 0.450. The lowest BCUT2D eigenvalue weighted by Gasteiger charge is -2.38. The number of hydrogen-bond donors (Lipinski definition) is 0. The molecule has 0 spiro atoms. The lowest BCUT2D eigenvalue weighted by atomic mass is 10.1. The van der Waals surface area contributed by atoms with Crippen LogP contribution in [-0.4, -0.2) is 62.6 Å². The smallest absolute Gasteiger partial charge is 0.438 e. The summed E-state index contributed by atoms with van der Waals surface area (Å²) in [6, 6.07) is 9.98. The van der Waals surface area contributed by atoms with E-state index in [9.17, 15) is 52.7 Å². The van der Waals surface area contributed by atoms with Crippen LogP contribution in [0.2, 0.25) is 0 Å². The Morgan fingerprint density at radius 1 is 0.919 bits per heavy atom. The number of methoxy groups -OCH3 is 1. The Bertz CT molecular complexity index is 1280. The van der Waals surface area contributed by atoms with Crippen LogP contribution in [-0.2, 0) is 23.2 Å². The Morgan fingerprint density at radius 2 is 1.51 bits per heavy atom. The summed E-state index contributed by atoms with van der Waals surface area (Å²) in [4.78, 5) is 11.4. The van der Waals surface area contributed by atoms with Crippen LogP contribution in [0.3, 0.4) is 0 Å². The van der Waals surface area contributed by atoms with Gasteiger partial charge in [0.15, 0.2) is 0 Å². The summed E-state index contributed by atoms with van der Waals surface area (Å²) in [7, 11) is -9.96. The van der Waals surface area contributed by atoms with E-state index >= 15 is 0 Å². The summed E-state index contributed by atoms with van der Waals surface area (Å²) < 4.78 is 160. The molecule has 1 aliphatic heterocycles.